The Bertz CT molecular complexity index is 977. The second-order valence-corrected chi connectivity index (χ2v) is 7.93. The third kappa shape index (κ3) is 5.27. The molecule has 1 heterocycles. The zero-order valence-corrected chi connectivity index (χ0v) is 17.3. The topological polar surface area (TPSA) is 77.2 Å². The van der Waals surface area contributed by atoms with Gasteiger partial charge in [0.05, 0.1) is 5.25 Å². The van der Waals surface area contributed by atoms with E-state index in [1.807, 2.05) is 44.2 Å². The fourth-order valence-corrected chi connectivity index (χ4v) is 3.25. The van der Waals surface area contributed by atoms with Crippen molar-refractivity contribution in [1.29, 1.82) is 0 Å². The minimum Gasteiger partial charge on any atom is -0.484 e. The first-order valence-corrected chi connectivity index (χ1v) is 9.92. The molecular weight excluding hydrogens is 398 g/mol. The van der Waals surface area contributed by atoms with Crippen LogP contribution in [0.15, 0.2) is 52.1 Å². The summed E-state index contributed by atoms with van der Waals surface area (Å²) in [6.45, 7) is 5.78. The number of anilines is 1. The number of amides is 1. The second kappa shape index (κ2) is 9.12. The summed E-state index contributed by atoms with van der Waals surface area (Å²) >= 11 is 7.28. The van der Waals surface area contributed by atoms with E-state index in [2.05, 4.69) is 15.5 Å². The summed E-state index contributed by atoms with van der Waals surface area (Å²) in [6, 6.07) is 13.1. The molecule has 0 aliphatic heterocycles. The molecule has 146 valence electrons. The number of rotatable bonds is 7. The molecule has 0 bridgehead atoms. The maximum Gasteiger partial charge on any atom is 0.277 e. The van der Waals surface area contributed by atoms with Crippen molar-refractivity contribution in [3.05, 3.63) is 64.5 Å². The summed E-state index contributed by atoms with van der Waals surface area (Å²) in [5.41, 5.74) is 2.61. The number of aromatic nitrogens is 2. The number of ether oxygens (including phenoxy) is 1. The number of carbonyl (C=O) groups excluding carboxylic acids is 1. The third-order valence-corrected chi connectivity index (χ3v) is 5.32. The molecular formula is C20H20ClN3O3S. The molecule has 0 saturated carbocycles. The minimum atomic E-state index is -0.427. The molecule has 8 heteroatoms. The predicted molar refractivity (Wildman–Crippen MR) is 110 cm³/mol. The molecule has 6 nitrogen and oxygen atoms in total. The lowest BCUT2D eigenvalue weighted by Gasteiger charge is -2.12. The van der Waals surface area contributed by atoms with Crippen molar-refractivity contribution in [3.63, 3.8) is 0 Å². The second-order valence-electron chi connectivity index (χ2n) is 6.23. The van der Waals surface area contributed by atoms with Crippen LogP contribution >= 0.6 is 23.4 Å². The highest BCUT2D eigenvalue weighted by Crippen LogP contribution is 2.26. The van der Waals surface area contributed by atoms with E-state index in [1.54, 1.807) is 19.1 Å². The van der Waals surface area contributed by atoms with Crippen LogP contribution in [0.2, 0.25) is 5.02 Å². The first-order valence-electron chi connectivity index (χ1n) is 8.67. The molecule has 0 radical (unpaired) electrons. The molecule has 3 rings (SSSR count). The predicted octanol–water partition coefficient (Wildman–Crippen LogP) is 5.04. The normalized spacial score (nSPS) is 11.9. The Kier molecular flexibility index (Phi) is 6.59. The van der Waals surface area contributed by atoms with Gasteiger partial charge in [-0.25, -0.2) is 0 Å². The van der Waals surface area contributed by atoms with Gasteiger partial charge in [-0.2, -0.15) is 0 Å². The molecule has 0 aliphatic rings. The third-order valence-electron chi connectivity index (χ3n) is 3.97. The summed E-state index contributed by atoms with van der Waals surface area (Å²) in [6.07, 6.45) is 0. The summed E-state index contributed by atoms with van der Waals surface area (Å²) in [5.74, 6) is 0.908. The molecule has 2 aromatic carbocycles. The van der Waals surface area contributed by atoms with Crippen LogP contribution < -0.4 is 10.1 Å². The van der Waals surface area contributed by atoms with E-state index in [0.29, 0.717) is 21.8 Å². The van der Waals surface area contributed by atoms with E-state index in [4.69, 9.17) is 20.8 Å². The molecule has 0 unspecified atom stereocenters. The SMILES string of the molecule is Cc1cccc(OCc2nnc(S[C@H](C)C(=O)Nc3cccc(Cl)c3C)o2)c1. The van der Waals surface area contributed by atoms with Gasteiger partial charge < -0.3 is 14.5 Å². The smallest absolute Gasteiger partial charge is 0.277 e. The number of thioether (sulfide) groups is 1. The summed E-state index contributed by atoms with van der Waals surface area (Å²) in [4.78, 5) is 12.4. The molecule has 0 spiro atoms. The molecule has 0 aliphatic carbocycles. The van der Waals surface area contributed by atoms with Crippen LogP contribution in [0.5, 0.6) is 5.75 Å². The van der Waals surface area contributed by atoms with Crippen LogP contribution in [0.25, 0.3) is 0 Å². The zero-order valence-electron chi connectivity index (χ0n) is 15.7. The number of nitrogens with one attached hydrogen (secondary N) is 1. The monoisotopic (exact) mass is 417 g/mol. The van der Waals surface area contributed by atoms with Crippen LogP contribution in [-0.2, 0) is 11.4 Å². The Balaban J connectivity index is 1.55. The van der Waals surface area contributed by atoms with E-state index in [-0.39, 0.29) is 12.5 Å². The van der Waals surface area contributed by atoms with Gasteiger partial charge in [-0.1, -0.05) is 41.6 Å². The highest BCUT2D eigenvalue weighted by atomic mass is 35.5. The van der Waals surface area contributed by atoms with Gasteiger partial charge in [0.15, 0.2) is 6.61 Å². The van der Waals surface area contributed by atoms with Crippen molar-refractivity contribution in [1.82, 2.24) is 10.2 Å². The Hall–Kier alpha value is -2.51. The number of nitrogens with zero attached hydrogens (tertiary/aromatic N) is 2. The van der Waals surface area contributed by atoms with Crippen molar-refractivity contribution in [2.24, 2.45) is 0 Å². The van der Waals surface area contributed by atoms with Gasteiger partial charge >= 0.3 is 0 Å². The number of hydrogen-bond donors (Lipinski definition) is 1. The highest BCUT2D eigenvalue weighted by Gasteiger charge is 2.19. The van der Waals surface area contributed by atoms with Crippen molar-refractivity contribution in [2.45, 2.75) is 37.9 Å². The van der Waals surface area contributed by atoms with E-state index < -0.39 is 5.25 Å². The van der Waals surface area contributed by atoms with Gasteiger partial charge in [-0.05, 0) is 56.2 Å². The van der Waals surface area contributed by atoms with Gasteiger partial charge in [0.25, 0.3) is 11.1 Å². The lowest BCUT2D eigenvalue weighted by Crippen LogP contribution is -2.22. The van der Waals surface area contributed by atoms with Crippen LogP contribution in [0.4, 0.5) is 5.69 Å². The average Bonchev–Trinajstić information content (AvgIpc) is 3.11. The highest BCUT2D eigenvalue weighted by molar-refractivity contribution is 8.00. The number of halogens is 1. The van der Waals surface area contributed by atoms with Crippen LogP contribution in [0, 0.1) is 13.8 Å². The maximum absolute atomic E-state index is 12.4. The molecule has 28 heavy (non-hydrogen) atoms. The Morgan fingerprint density at radius 3 is 2.82 bits per heavy atom. The van der Waals surface area contributed by atoms with Gasteiger partial charge in [0.1, 0.15) is 5.75 Å². The van der Waals surface area contributed by atoms with Crippen LogP contribution in [0.3, 0.4) is 0 Å². The van der Waals surface area contributed by atoms with Gasteiger partial charge in [0.2, 0.25) is 5.91 Å². The fourth-order valence-electron chi connectivity index (χ4n) is 2.38. The number of hydrogen-bond acceptors (Lipinski definition) is 6. The molecule has 1 amide bonds. The molecule has 1 N–H and O–H groups in total. The largest absolute Gasteiger partial charge is 0.484 e. The first-order chi connectivity index (χ1) is 13.4. The quantitative estimate of drug-likeness (QED) is 0.543. The standard InChI is InChI=1S/C20H20ClN3O3S/c1-12-6-4-7-15(10-12)26-11-18-23-24-20(27-18)28-14(3)19(25)22-17-9-5-8-16(21)13(17)2/h4-10,14H,11H2,1-3H3,(H,22,25)/t14-/m1/s1. The minimum absolute atomic E-state index is 0.166. The Morgan fingerprint density at radius 2 is 2.04 bits per heavy atom. The molecule has 0 fully saturated rings. The van der Waals surface area contributed by atoms with Crippen molar-refractivity contribution in [2.75, 3.05) is 5.32 Å². The van der Waals surface area contributed by atoms with Crippen LogP contribution in [-0.4, -0.2) is 21.4 Å². The van der Waals surface area contributed by atoms with Crippen molar-refractivity contribution < 1.29 is 13.9 Å². The Morgan fingerprint density at radius 1 is 1.25 bits per heavy atom. The fraction of sp³-hybridized carbons (Fsp3) is 0.250. The molecule has 1 atom stereocenters. The van der Waals surface area contributed by atoms with Gasteiger partial charge in [-0.3, -0.25) is 4.79 Å². The van der Waals surface area contributed by atoms with E-state index >= 15 is 0 Å². The number of benzene rings is 2. The van der Waals surface area contributed by atoms with Gasteiger partial charge in [0, 0.05) is 10.7 Å². The van der Waals surface area contributed by atoms with E-state index in [1.165, 1.54) is 11.8 Å². The first kappa shape index (κ1) is 20.2. The summed E-state index contributed by atoms with van der Waals surface area (Å²) in [7, 11) is 0. The van der Waals surface area contributed by atoms with Crippen LogP contribution in [0.1, 0.15) is 23.9 Å². The zero-order chi connectivity index (χ0) is 20.1. The van der Waals surface area contributed by atoms with E-state index in [9.17, 15) is 4.79 Å². The molecule has 0 saturated heterocycles. The van der Waals surface area contributed by atoms with Gasteiger partial charge in [-0.15, -0.1) is 10.2 Å². The summed E-state index contributed by atoms with van der Waals surface area (Å²) < 4.78 is 11.2. The Labute approximate surface area is 172 Å². The molecule has 3 aromatic rings. The summed E-state index contributed by atoms with van der Waals surface area (Å²) in [5, 5.41) is 11.3. The molecule has 1 aromatic heterocycles. The number of carbonyl (C=O) groups is 1. The number of aryl methyl sites for hydroxylation is 1. The maximum atomic E-state index is 12.4. The lowest BCUT2D eigenvalue weighted by atomic mass is 10.2. The lowest BCUT2D eigenvalue weighted by molar-refractivity contribution is -0.115. The van der Waals surface area contributed by atoms with Crippen molar-refractivity contribution in [3.8, 4) is 5.75 Å². The van der Waals surface area contributed by atoms with E-state index in [0.717, 1.165) is 16.9 Å². The average molecular weight is 418 g/mol. The van der Waals surface area contributed by atoms with Crippen molar-refractivity contribution >= 4 is 35.0 Å².